The zero-order chi connectivity index (χ0) is 26.6. The minimum absolute atomic E-state index is 0.0268. The van der Waals surface area contributed by atoms with Crippen LogP contribution in [0.15, 0.2) is 48.1 Å². The van der Waals surface area contributed by atoms with Crippen LogP contribution in [0.25, 0.3) is 27.5 Å². The maximum atomic E-state index is 13.2. The third kappa shape index (κ3) is 6.51. The number of hydrogen-bond donors (Lipinski definition) is 2. The number of amides is 1. The van der Waals surface area contributed by atoms with E-state index >= 15 is 0 Å². The molecule has 0 saturated heterocycles. The van der Waals surface area contributed by atoms with Crippen LogP contribution in [0, 0.1) is 0 Å². The van der Waals surface area contributed by atoms with Crippen molar-refractivity contribution in [1.29, 1.82) is 0 Å². The topological polar surface area (TPSA) is 105 Å². The molecule has 10 heteroatoms. The van der Waals surface area contributed by atoms with Gasteiger partial charge < -0.3 is 15.2 Å². The molecule has 1 atom stereocenters. The first-order valence-electron chi connectivity index (χ1n) is 12.5. The van der Waals surface area contributed by atoms with Crippen LogP contribution in [-0.4, -0.2) is 73.4 Å². The number of rotatable bonds is 11. The van der Waals surface area contributed by atoms with Gasteiger partial charge in [-0.3, -0.25) is 9.69 Å². The molecule has 196 valence electrons. The van der Waals surface area contributed by atoms with Crippen LogP contribution in [0.1, 0.15) is 45.0 Å². The van der Waals surface area contributed by atoms with Gasteiger partial charge in [0.1, 0.15) is 6.61 Å². The average Bonchev–Trinajstić information content (AvgIpc) is 3.56. The monoisotopic (exact) mass is 522 g/mol. The van der Waals surface area contributed by atoms with Crippen molar-refractivity contribution < 1.29 is 14.6 Å². The summed E-state index contributed by atoms with van der Waals surface area (Å²) in [6, 6.07) is 9.45. The maximum Gasteiger partial charge on any atom is 0.251 e. The van der Waals surface area contributed by atoms with E-state index in [-0.39, 0.29) is 24.4 Å². The minimum Gasteiger partial charge on any atom is -0.475 e. The summed E-state index contributed by atoms with van der Waals surface area (Å²) < 4.78 is 7.48. The highest BCUT2D eigenvalue weighted by Crippen LogP contribution is 2.29. The zero-order valence-corrected chi connectivity index (χ0v) is 22.7. The van der Waals surface area contributed by atoms with Gasteiger partial charge in [0.05, 0.1) is 33.6 Å². The van der Waals surface area contributed by atoms with Crippen LogP contribution >= 0.6 is 11.3 Å². The highest BCUT2D eigenvalue weighted by molar-refractivity contribution is 7.13. The molecule has 4 rings (SSSR count). The normalized spacial score (nSPS) is 12.7. The van der Waals surface area contributed by atoms with E-state index < -0.39 is 5.60 Å². The van der Waals surface area contributed by atoms with Gasteiger partial charge >= 0.3 is 0 Å². The molecule has 0 aliphatic heterocycles. The lowest BCUT2D eigenvalue weighted by atomic mass is 10.1. The van der Waals surface area contributed by atoms with Crippen molar-refractivity contribution in [3.8, 4) is 27.7 Å². The lowest BCUT2D eigenvalue weighted by molar-refractivity contribution is 0.0268. The molecule has 4 aromatic heterocycles. The van der Waals surface area contributed by atoms with Gasteiger partial charge in [0.2, 0.25) is 5.88 Å². The molecule has 1 amide bonds. The number of pyridine rings is 1. The van der Waals surface area contributed by atoms with Gasteiger partial charge in [-0.2, -0.15) is 5.10 Å². The predicted octanol–water partition coefficient (Wildman–Crippen LogP) is 4.13. The molecule has 0 aliphatic rings. The van der Waals surface area contributed by atoms with E-state index in [0.29, 0.717) is 29.0 Å². The lowest BCUT2D eigenvalue weighted by Gasteiger charge is -2.26. The van der Waals surface area contributed by atoms with Gasteiger partial charge in [0, 0.05) is 30.4 Å². The lowest BCUT2D eigenvalue weighted by Crippen LogP contribution is -2.42. The van der Waals surface area contributed by atoms with E-state index in [1.165, 1.54) is 0 Å². The quantitative estimate of drug-likeness (QED) is 0.305. The second kappa shape index (κ2) is 11.4. The van der Waals surface area contributed by atoms with Gasteiger partial charge in [-0.25, -0.2) is 14.5 Å². The Hall–Kier alpha value is -3.34. The summed E-state index contributed by atoms with van der Waals surface area (Å²) in [5, 5.41) is 19.6. The van der Waals surface area contributed by atoms with E-state index in [2.05, 4.69) is 41.1 Å². The third-order valence-electron chi connectivity index (χ3n) is 6.05. The second-order valence-corrected chi connectivity index (χ2v) is 10.5. The SMILES string of the molecule is CCN(CC)[C@@H](C)CNC(=O)c1cc(OCC(C)(C)O)nc(-c2cnn3ccc(-c4cccs4)nc23)c1. The van der Waals surface area contributed by atoms with E-state index in [4.69, 9.17) is 9.72 Å². The molecule has 0 saturated carbocycles. The summed E-state index contributed by atoms with van der Waals surface area (Å²) in [5.74, 6) is 0.0230. The van der Waals surface area contributed by atoms with Gasteiger partial charge in [0.15, 0.2) is 5.65 Å². The van der Waals surface area contributed by atoms with E-state index in [1.54, 1.807) is 48.0 Å². The van der Waals surface area contributed by atoms with Crippen molar-refractivity contribution in [3.63, 3.8) is 0 Å². The second-order valence-electron chi connectivity index (χ2n) is 9.58. The summed E-state index contributed by atoms with van der Waals surface area (Å²) in [6.45, 7) is 12.0. The standard InChI is InChI=1S/C27H34N6O3S/c1-6-32(7-2)18(3)15-28-26(34)19-13-22(30-24(14-19)36-17-27(4,5)35)20-16-29-33-11-10-21(31-25(20)33)23-9-8-12-37-23/h8-14,16,18,35H,6-7,15,17H2,1-5H3,(H,28,34)/t18-/m0/s1. The first-order valence-corrected chi connectivity index (χ1v) is 13.3. The van der Waals surface area contributed by atoms with Crippen molar-refractivity contribution >= 4 is 22.9 Å². The number of likely N-dealkylation sites (N-methyl/N-ethyl adjacent to an activating group) is 1. The average molecular weight is 523 g/mol. The Bertz CT molecular complexity index is 1340. The molecule has 37 heavy (non-hydrogen) atoms. The number of fused-ring (bicyclic) bond motifs is 1. The number of nitrogens with one attached hydrogen (secondary N) is 1. The van der Waals surface area contributed by atoms with Crippen molar-refractivity contribution in [2.45, 2.75) is 46.3 Å². The third-order valence-corrected chi connectivity index (χ3v) is 6.94. The summed E-state index contributed by atoms with van der Waals surface area (Å²) in [7, 11) is 0. The molecule has 0 unspecified atom stereocenters. The molecule has 0 aliphatic carbocycles. The van der Waals surface area contributed by atoms with Crippen LogP contribution in [0.2, 0.25) is 0 Å². The number of ether oxygens (including phenoxy) is 1. The van der Waals surface area contributed by atoms with Crippen LogP contribution in [0.5, 0.6) is 5.88 Å². The number of thiophene rings is 1. The molecule has 2 N–H and O–H groups in total. The van der Waals surface area contributed by atoms with Crippen molar-refractivity contribution in [2.24, 2.45) is 0 Å². The fraction of sp³-hybridized carbons (Fsp3) is 0.407. The number of carbonyl (C=O) groups excluding carboxylic acids is 1. The zero-order valence-electron chi connectivity index (χ0n) is 21.9. The van der Waals surface area contributed by atoms with E-state index in [0.717, 1.165) is 23.7 Å². The van der Waals surface area contributed by atoms with Crippen molar-refractivity contribution in [3.05, 3.63) is 53.7 Å². The number of carbonyl (C=O) groups is 1. The predicted molar refractivity (Wildman–Crippen MR) is 146 cm³/mol. The Morgan fingerprint density at radius 2 is 2.00 bits per heavy atom. The highest BCUT2D eigenvalue weighted by atomic mass is 32.1. The Morgan fingerprint density at radius 1 is 1.22 bits per heavy atom. The van der Waals surface area contributed by atoms with Crippen LogP contribution < -0.4 is 10.1 Å². The van der Waals surface area contributed by atoms with E-state index in [9.17, 15) is 9.90 Å². The molecular weight excluding hydrogens is 488 g/mol. The number of aliphatic hydroxyl groups is 1. The van der Waals surface area contributed by atoms with E-state index in [1.807, 2.05) is 29.8 Å². The minimum atomic E-state index is -1.05. The molecule has 0 radical (unpaired) electrons. The highest BCUT2D eigenvalue weighted by Gasteiger charge is 2.20. The maximum absolute atomic E-state index is 13.2. The number of nitrogens with zero attached hydrogens (tertiary/aromatic N) is 5. The first kappa shape index (κ1) is 26.7. The van der Waals surface area contributed by atoms with Crippen molar-refractivity contribution in [1.82, 2.24) is 29.8 Å². The van der Waals surface area contributed by atoms with Gasteiger partial charge in [-0.1, -0.05) is 19.9 Å². The fourth-order valence-electron chi connectivity index (χ4n) is 4.03. The summed E-state index contributed by atoms with van der Waals surface area (Å²) in [4.78, 5) is 26.0. The largest absolute Gasteiger partial charge is 0.475 e. The molecule has 4 heterocycles. The smallest absolute Gasteiger partial charge is 0.251 e. The molecule has 4 aromatic rings. The molecule has 0 fully saturated rings. The summed E-state index contributed by atoms with van der Waals surface area (Å²) >= 11 is 1.61. The molecule has 9 nitrogen and oxygen atoms in total. The fourth-order valence-corrected chi connectivity index (χ4v) is 4.72. The molecule has 0 spiro atoms. The summed E-state index contributed by atoms with van der Waals surface area (Å²) in [6.07, 6.45) is 3.55. The Balaban J connectivity index is 1.69. The van der Waals surface area contributed by atoms with Gasteiger partial charge in [-0.15, -0.1) is 11.3 Å². The molecular formula is C27H34N6O3S. The summed E-state index contributed by atoms with van der Waals surface area (Å²) in [5.41, 5.74) is 2.01. The Labute approximate surface area is 221 Å². The Morgan fingerprint density at radius 3 is 2.68 bits per heavy atom. The van der Waals surface area contributed by atoms with Crippen LogP contribution in [0.4, 0.5) is 0 Å². The van der Waals surface area contributed by atoms with Gasteiger partial charge in [-0.05, 0) is 57.4 Å². The van der Waals surface area contributed by atoms with Gasteiger partial charge in [0.25, 0.3) is 5.91 Å². The Kier molecular flexibility index (Phi) is 8.21. The van der Waals surface area contributed by atoms with Crippen LogP contribution in [0.3, 0.4) is 0 Å². The molecule has 0 aromatic carbocycles. The molecule has 0 bridgehead atoms. The number of aromatic nitrogens is 4. The first-order chi connectivity index (χ1) is 17.7. The van der Waals surface area contributed by atoms with Crippen molar-refractivity contribution in [2.75, 3.05) is 26.2 Å². The number of hydrogen-bond acceptors (Lipinski definition) is 8. The van der Waals surface area contributed by atoms with Crippen LogP contribution in [-0.2, 0) is 0 Å².